The first-order chi connectivity index (χ1) is 9.12. The van der Waals surface area contributed by atoms with Crippen molar-refractivity contribution in [2.24, 2.45) is 5.41 Å². The Hall–Kier alpha value is -0.540. The van der Waals surface area contributed by atoms with Gasteiger partial charge >= 0.3 is 0 Å². The average molecular weight is 341 g/mol. The monoisotopic (exact) mass is 340 g/mol. The van der Waals surface area contributed by atoms with Crippen LogP contribution < -0.4 is 10.2 Å². The van der Waals surface area contributed by atoms with E-state index in [0.717, 1.165) is 6.54 Å². The van der Waals surface area contributed by atoms with Gasteiger partial charge in [0.15, 0.2) is 0 Å². The predicted molar refractivity (Wildman–Crippen MR) is 93.4 cm³/mol. The molecule has 0 aliphatic carbocycles. The molecule has 0 radical (unpaired) electrons. The van der Waals surface area contributed by atoms with Crippen LogP contribution in [0.2, 0.25) is 0 Å². The third-order valence-corrected chi connectivity index (χ3v) is 4.72. The molecule has 0 heterocycles. The van der Waals surface area contributed by atoms with Crippen LogP contribution in [0.5, 0.6) is 0 Å². The number of nitrogens with one attached hydrogen (secondary N) is 1. The average Bonchev–Trinajstić information content (AvgIpc) is 2.34. The van der Waals surface area contributed by atoms with Gasteiger partial charge in [0.25, 0.3) is 0 Å². The van der Waals surface area contributed by atoms with Gasteiger partial charge in [-0.05, 0) is 30.0 Å². The first-order valence-corrected chi connectivity index (χ1v) is 8.17. The molecule has 114 valence electrons. The van der Waals surface area contributed by atoms with Crippen LogP contribution in [0.15, 0.2) is 22.7 Å². The Morgan fingerprint density at radius 3 is 2.25 bits per heavy atom. The van der Waals surface area contributed by atoms with E-state index < -0.39 is 0 Å². The van der Waals surface area contributed by atoms with Crippen molar-refractivity contribution in [3.8, 4) is 0 Å². The topological polar surface area (TPSA) is 15.3 Å². The highest BCUT2D eigenvalue weighted by Gasteiger charge is 2.24. The van der Waals surface area contributed by atoms with E-state index in [4.69, 9.17) is 0 Å². The molecule has 0 bridgehead atoms. The summed E-state index contributed by atoms with van der Waals surface area (Å²) in [5.74, 6) is 0. The Morgan fingerprint density at radius 2 is 1.80 bits per heavy atom. The molecular weight excluding hydrogens is 312 g/mol. The quantitative estimate of drug-likeness (QED) is 0.826. The second kappa shape index (κ2) is 6.95. The van der Waals surface area contributed by atoms with E-state index in [9.17, 15) is 0 Å². The van der Waals surface area contributed by atoms with E-state index in [1.54, 1.807) is 0 Å². The fourth-order valence-corrected chi connectivity index (χ4v) is 2.52. The molecule has 1 unspecified atom stereocenters. The molecule has 0 amide bonds. The highest BCUT2D eigenvalue weighted by Crippen LogP contribution is 2.30. The minimum absolute atomic E-state index is 0.263. The smallest absolute Gasteiger partial charge is 0.0377 e. The number of hydrogen-bond donors (Lipinski definition) is 1. The van der Waals surface area contributed by atoms with Crippen molar-refractivity contribution >= 4 is 21.6 Å². The molecule has 1 N–H and O–H groups in total. The summed E-state index contributed by atoms with van der Waals surface area (Å²) in [6.07, 6.45) is 0. The lowest BCUT2D eigenvalue weighted by Crippen LogP contribution is -2.39. The third-order valence-electron chi connectivity index (χ3n) is 3.98. The first kappa shape index (κ1) is 17.5. The lowest BCUT2D eigenvalue weighted by molar-refractivity contribution is 0.330. The van der Waals surface area contributed by atoms with Gasteiger partial charge in [-0.25, -0.2) is 0 Å². The molecule has 1 aromatic carbocycles. The van der Waals surface area contributed by atoms with Crippen molar-refractivity contribution in [3.63, 3.8) is 0 Å². The zero-order valence-corrected chi connectivity index (χ0v) is 15.5. The van der Waals surface area contributed by atoms with E-state index in [1.165, 1.54) is 15.7 Å². The van der Waals surface area contributed by atoms with Gasteiger partial charge in [-0.1, -0.05) is 56.6 Å². The standard InChI is InChI=1S/C17H29BrN2/c1-12(2)19-11-14-8-9-15(10-16(14)18)20(7)13(3)17(4,5)6/h8-10,12-13,19H,11H2,1-7H3. The Bertz CT molecular complexity index is 435. The van der Waals surface area contributed by atoms with Gasteiger partial charge in [0, 0.05) is 35.8 Å². The van der Waals surface area contributed by atoms with Crippen LogP contribution in [0.1, 0.15) is 47.1 Å². The minimum Gasteiger partial charge on any atom is -0.371 e. The molecule has 0 aliphatic heterocycles. The van der Waals surface area contributed by atoms with Gasteiger partial charge in [-0.3, -0.25) is 0 Å². The van der Waals surface area contributed by atoms with E-state index in [0.29, 0.717) is 12.1 Å². The third kappa shape index (κ3) is 4.78. The Morgan fingerprint density at radius 1 is 1.20 bits per heavy atom. The van der Waals surface area contributed by atoms with Crippen LogP contribution in [-0.4, -0.2) is 19.1 Å². The van der Waals surface area contributed by atoms with Crippen molar-refractivity contribution in [1.29, 1.82) is 0 Å². The van der Waals surface area contributed by atoms with E-state index >= 15 is 0 Å². The summed E-state index contributed by atoms with van der Waals surface area (Å²) in [7, 11) is 2.17. The van der Waals surface area contributed by atoms with E-state index in [1.807, 2.05) is 0 Å². The maximum absolute atomic E-state index is 3.70. The number of benzene rings is 1. The van der Waals surface area contributed by atoms with Crippen molar-refractivity contribution in [2.45, 2.75) is 60.2 Å². The maximum atomic E-state index is 3.70. The van der Waals surface area contributed by atoms with Crippen molar-refractivity contribution in [1.82, 2.24) is 5.32 Å². The molecule has 2 nitrogen and oxygen atoms in total. The number of halogens is 1. The molecule has 1 rings (SSSR count). The second-order valence-corrected chi connectivity index (χ2v) is 7.82. The molecule has 0 fully saturated rings. The number of hydrogen-bond acceptors (Lipinski definition) is 2. The number of rotatable bonds is 5. The molecule has 0 saturated heterocycles. The normalized spacial score (nSPS) is 13.7. The van der Waals surface area contributed by atoms with Crippen molar-refractivity contribution in [3.05, 3.63) is 28.2 Å². The van der Waals surface area contributed by atoms with Crippen LogP contribution in [0.4, 0.5) is 5.69 Å². The van der Waals surface area contributed by atoms with Crippen molar-refractivity contribution in [2.75, 3.05) is 11.9 Å². The van der Waals surface area contributed by atoms with E-state index in [2.05, 4.69) is 92.9 Å². The van der Waals surface area contributed by atoms with Crippen molar-refractivity contribution < 1.29 is 0 Å². The summed E-state index contributed by atoms with van der Waals surface area (Å²) in [5, 5.41) is 3.45. The minimum atomic E-state index is 0.263. The molecule has 0 spiro atoms. The van der Waals surface area contributed by atoms with Crippen LogP contribution >= 0.6 is 15.9 Å². The van der Waals surface area contributed by atoms with Crippen LogP contribution in [0.25, 0.3) is 0 Å². The van der Waals surface area contributed by atoms with Gasteiger partial charge in [0.05, 0.1) is 0 Å². The summed E-state index contributed by atoms with van der Waals surface area (Å²) in [6.45, 7) is 14.4. The van der Waals surface area contributed by atoms with Gasteiger partial charge < -0.3 is 10.2 Å². The highest BCUT2D eigenvalue weighted by atomic mass is 79.9. The first-order valence-electron chi connectivity index (χ1n) is 7.37. The zero-order valence-electron chi connectivity index (χ0n) is 13.9. The molecular formula is C17H29BrN2. The summed E-state index contributed by atoms with van der Waals surface area (Å²) in [4.78, 5) is 2.35. The summed E-state index contributed by atoms with van der Waals surface area (Å²) in [5.41, 5.74) is 2.82. The Labute approximate surface area is 133 Å². The Kier molecular flexibility index (Phi) is 6.08. The lowest BCUT2D eigenvalue weighted by atomic mass is 9.87. The predicted octanol–water partition coefficient (Wildman–Crippen LogP) is 4.82. The SMILES string of the molecule is CC(C)NCc1ccc(N(C)C(C)C(C)(C)C)cc1Br. The van der Waals surface area contributed by atoms with Gasteiger partial charge in [0.2, 0.25) is 0 Å². The van der Waals surface area contributed by atoms with Gasteiger partial charge in [-0.15, -0.1) is 0 Å². The van der Waals surface area contributed by atoms with Crippen LogP contribution in [0, 0.1) is 5.41 Å². The van der Waals surface area contributed by atoms with Crippen LogP contribution in [0.3, 0.4) is 0 Å². The molecule has 0 saturated carbocycles. The van der Waals surface area contributed by atoms with Gasteiger partial charge in [-0.2, -0.15) is 0 Å². The molecule has 20 heavy (non-hydrogen) atoms. The lowest BCUT2D eigenvalue weighted by Gasteiger charge is -2.37. The van der Waals surface area contributed by atoms with E-state index in [-0.39, 0.29) is 5.41 Å². The molecule has 1 atom stereocenters. The fourth-order valence-electron chi connectivity index (χ4n) is 2.02. The molecule has 0 aromatic heterocycles. The van der Waals surface area contributed by atoms with Gasteiger partial charge in [0.1, 0.15) is 0 Å². The summed E-state index contributed by atoms with van der Waals surface area (Å²) >= 11 is 3.70. The highest BCUT2D eigenvalue weighted by molar-refractivity contribution is 9.10. The number of anilines is 1. The molecule has 3 heteroatoms. The second-order valence-electron chi connectivity index (χ2n) is 6.96. The Balaban J connectivity index is 2.86. The summed E-state index contributed by atoms with van der Waals surface area (Å²) < 4.78 is 1.18. The maximum Gasteiger partial charge on any atom is 0.0377 e. The zero-order chi connectivity index (χ0) is 15.5. The largest absolute Gasteiger partial charge is 0.371 e. The van der Waals surface area contributed by atoms with Crippen LogP contribution in [-0.2, 0) is 6.54 Å². The molecule has 0 aliphatic rings. The number of nitrogens with zero attached hydrogens (tertiary/aromatic N) is 1. The summed E-state index contributed by atoms with van der Waals surface area (Å²) in [6, 6.07) is 7.63. The molecule has 1 aromatic rings. The fraction of sp³-hybridized carbons (Fsp3) is 0.647.